The van der Waals surface area contributed by atoms with Crippen LogP contribution in [0.15, 0.2) is 54.6 Å². The number of aromatic hydroxyl groups is 1. The normalized spacial score (nSPS) is 10.8. The van der Waals surface area contributed by atoms with Crippen molar-refractivity contribution in [3.63, 3.8) is 0 Å². The van der Waals surface area contributed by atoms with Crippen molar-refractivity contribution < 1.29 is 9.90 Å². The number of nitrogens with zero attached hydrogens (tertiary/aromatic N) is 1. The number of amides is 1. The van der Waals surface area contributed by atoms with Gasteiger partial charge in [-0.15, -0.1) is 11.3 Å². The molecule has 0 aliphatic carbocycles. The van der Waals surface area contributed by atoms with Gasteiger partial charge < -0.3 is 10.4 Å². The minimum absolute atomic E-state index is 0.0938. The molecule has 0 unspecified atom stereocenters. The highest BCUT2D eigenvalue weighted by Crippen LogP contribution is 2.38. The Morgan fingerprint density at radius 1 is 1.13 bits per heavy atom. The summed E-state index contributed by atoms with van der Waals surface area (Å²) in [4.78, 5) is 17.1. The molecular formula is C22H15Cl2N3O2S2. The van der Waals surface area contributed by atoms with E-state index in [1.807, 2.05) is 24.3 Å². The minimum atomic E-state index is -0.457. The number of carbonyl (C=O) groups excluding carboxylic acids is 1. The molecule has 4 aromatic rings. The van der Waals surface area contributed by atoms with E-state index in [1.165, 1.54) is 23.5 Å². The SMILES string of the molecule is Cc1cc(NC(=S)NC(=O)c2ccc(Cl)cc2Cl)cc(-c2nc3ccccc3s2)c1O. The lowest BCUT2D eigenvalue weighted by Crippen LogP contribution is -2.34. The molecule has 0 aliphatic rings. The largest absolute Gasteiger partial charge is 0.507 e. The zero-order valence-electron chi connectivity index (χ0n) is 16.1. The molecule has 3 N–H and O–H groups in total. The van der Waals surface area contributed by atoms with E-state index in [0.717, 1.165) is 10.2 Å². The molecular weight excluding hydrogens is 473 g/mol. The first-order valence-corrected chi connectivity index (χ1v) is 11.1. The van der Waals surface area contributed by atoms with Crippen molar-refractivity contribution >= 4 is 73.7 Å². The summed E-state index contributed by atoms with van der Waals surface area (Å²) in [6.07, 6.45) is 0. The highest BCUT2D eigenvalue weighted by atomic mass is 35.5. The number of thiazole rings is 1. The number of halogens is 2. The Morgan fingerprint density at radius 2 is 1.90 bits per heavy atom. The molecule has 1 aromatic heterocycles. The van der Waals surface area contributed by atoms with E-state index in [0.29, 0.717) is 26.8 Å². The first-order chi connectivity index (χ1) is 14.8. The van der Waals surface area contributed by atoms with Gasteiger partial charge in [0.05, 0.1) is 26.4 Å². The second kappa shape index (κ2) is 8.80. The number of para-hydroxylation sites is 1. The molecule has 1 heterocycles. The van der Waals surface area contributed by atoms with Crippen LogP contribution in [0.1, 0.15) is 15.9 Å². The van der Waals surface area contributed by atoms with Crippen LogP contribution in [-0.2, 0) is 0 Å². The predicted molar refractivity (Wildman–Crippen MR) is 132 cm³/mol. The van der Waals surface area contributed by atoms with E-state index in [9.17, 15) is 9.90 Å². The van der Waals surface area contributed by atoms with Gasteiger partial charge in [-0.05, 0) is 67.2 Å². The molecule has 5 nitrogen and oxygen atoms in total. The molecule has 31 heavy (non-hydrogen) atoms. The van der Waals surface area contributed by atoms with Crippen LogP contribution in [0.4, 0.5) is 5.69 Å². The summed E-state index contributed by atoms with van der Waals surface area (Å²) in [5.74, 6) is -0.312. The molecule has 1 amide bonds. The van der Waals surface area contributed by atoms with Crippen LogP contribution in [-0.4, -0.2) is 21.1 Å². The summed E-state index contributed by atoms with van der Waals surface area (Å²) in [6.45, 7) is 1.78. The van der Waals surface area contributed by atoms with Crippen LogP contribution in [0.2, 0.25) is 10.0 Å². The summed E-state index contributed by atoms with van der Waals surface area (Å²) < 4.78 is 1.02. The van der Waals surface area contributed by atoms with Crippen LogP contribution in [0.3, 0.4) is 0 Å². The highest BCUT2D eigenvalue weighted by molar-refractivity contribution is 7.80. The Labute approximate surface area is 197 Å². The minimum Gasteiger partial charge on any atom is -0.507 e. The fourth-order valence-corrected chi connectivity index (χ4v) is 4.70. The lowest BCUT2D eigenvalue weighted by molar-refractivity contribution is 0.0978. The van der Waals surface area contributed by atoms with Crippen LogP contribution in [0, 0.1) is 6.92 Å². The van der Waals surface area contributed by atoms with E-state index in [-0.39, 0.29) is 21.4 Å². The molecule has 0 atom stereocenters. The zero-order chi connectivity index (χ0) is 22.1. The Hall–Kier alpha value is -2.71. The van der Waals surface area contributed by atoms with E-state index in [2.05, 4.69) is 15.6 Å². The van der Waals surface area contributed by atoms with E-state index in [4.69, 9.17) is 35.4 Å². The third-order valence-electron chi connectivity index (χ3n) is 4.49. The van der Waals surface area contributed by atoms with Crippen molar-refractivity contribution in [2.24, 2.45) is 0 Å². The lowest BCUT2D eigenvalue weighted by Gasteiger charge is -2.13. The van der Waals surface area contributed by atoms with Gasteiger partial charge in [0, 0.05) is 10.7 Å². The number of thiocarbonyl (C=S) groups is 1. The van der Waals surface area contributed by atoms with E-state index < -0.39 is 5.91 Å². The van der Waals surface area contributed by atoms with Gasteiger partial charge in [-0.1, -0.05) is 35.3 Å². The fourth-order valence-electron chi connectivity index (χ4n) is 3.01. The van der Waals surface area contributed by atoms with E-state index in [1.54, 1.807) is 25.1 Å². The predicted octanol–water partition coefficient (Wildman–Crippen LogP) is 6.41. The molecule has 9 heteroatoms. The molecule has 4 rings (SSSR count). The van der Waals surface area contributed by atoms with Gasteiger partial charge in [-0.2, -0.15) is 0 Å². The number of carbonyl (C=O) groups is 1. The van der Waals surface area contributed by atoms with Gasteiger partial charge >= 0.3 is 0 Å². The third kappa shape index (κ3) is 4.65. The average Bonchev–Trinajstić information content (AvgIpc) is 3.14. The maximum Gasteiger partial charge on any atom is 0.258 e. The summed E-state index contributed by atoms with van der Waals surface area (Å²) in [5.41, 5.74) is 2.96. The number of hydrogen-bond donors (Lipinski definition) is 3. The van der Waals surface area contributed by atoms with Gasteiger partial charge in [-0.25, -0.2) is 4.98 Å². The second-order valence-corrected chi connectivity index (χ2v) is 8.99. The van der Waals surface area contributed by atoms with Gasteiger partial charge in [-0.3, -0.25) is 10.1 Å². The molecule has 0 saturated heterocycles. The van der Waals surface area contributed by atoms with Crippen molar-refractivity contribution in [1.82, 2.24) is 10.3 Å². The number of aryl methyl sites for hydroxylation is 1. The number of hydrogen-bond acceptors (Lipinski definition) is 5. The first-order valence-electron chi connectivity index (χ1n) is 9.09. The van der Waals surface area contributed by atoms with Crippen LogP contribution < -0.4 is 10.6 Å². The molecule has 0 bridgehead atoms. The second-order valence-electron chi connectivity index (χ2n) is 6.71. The number of benzene rings is 3. The van der Waals surface area contributed by atoms with E-state index >= 15 is 0 Å². The number of phenols is 1. The number of phenolic OH excluding ortho intramolecular Hbond substituents is 1. The molecule has 0 spiro atoms. The van der Waals surface area contributed by atoms with Crippen molar-refractivity contribution in [2.45, 2.75) is 6.92 Å². The van der Waals surface area contributed by atoms with Crippen molar-refractivity contribution in [3.05, 3.63) is 75.8 Å². The standard InChI is InChI=1S/C22H15Cl2N3O2S2/c1-11-8-13(25-22(30)27-20(29)14-7-6-12(23)9-16(14)24)10-15(19(11)28)21-26-17-4-2-3-5-18(17)31-21/h2-10,28H,1H3,(H2,25,27,29,30). The Morgan fingerprint density at radius 3 is 2.65 bits per heavy atom. The number of fused-ring (bicyclic) bond motifs is 1. The van der Waals surface area contributed by atoms with Crippen LogP contribution in [0.25, 0.3) is 20.8 Å². The molecule has 0 aliphatic heterocycles. The number of nitrogens with one attached hydrogen (secondary N) is 2. The van der Waals surface area contributed by atoms with Gasteiger partial charge in [0.1, 0.15) is 10.8 Å². The van der Waals surface area contributed by atoms with Crippen molar-refractivity contribution in [3.8, 4) is 16.3 Å². The smallest absolute Gasteiger partial charge is 0.258 e. The molecule has 156 valence electrons. The topological polar surface area (TPSA) is 74.2 Å². The van der Waals surface area contributed by atoms with Crippen LogP contribution in [0.5, 0.6) is 5.75 Å². The Bertz CT molecular complexity index is 1300. The zero-order valence-corrected chi connectivity index (χ0v) is 19.2. The van der Waals surface area contributed by atoms with Gasteiger partial charge in [0.25, 0.3) is 5.91 Å². The number of rotatable bonds is 3. The highest BCUT2D eigenvalue weighted by Gasteiger charge is 2.16. The summed E-state index contributed by atoms with van der Waals surface area (Å²) in [6, 6.07) is 15.8. The maximum atomic E-state index is 12.5. The summed E-state index contributed by atoms with van der Waals surface area (Å²) in [7, 11) is 0. The number of anilines is 1. The monoisotopic (exact) mass is 487 g/mol. The Balaban J connectivity index is 1.57. The average molecular weight is 488 g/mol. The van der Waals surface area contributed by atoms with Gasteiger partial charge in [0.15, 0.2) is 5.11 Å². The summed E-state index contributed by atoms with van der Waals surface area (Å²) in [5, 5.41) is 17.6. The quantitative estimate of drug-likeness (QED) is 0.230. The third-order valence-corrected chi connectivity index (χ3v) is 6.31. The van der Waals surface area contributed by atoms with Crippen molar-refractivity contribution in [2.75, 3.05) is 5.32 Å². The fraction of sp³-hybridized carbons (Fsp3) is 0.0455. The molecule has 0 radical (unpaired) electrons. The van der Waals surface area contributed by atoms with Gasteiger partial charge in [0.2, 0.25) is 0 Å². The molecule has 0 saturated carbocycles. The van der Waals surface area contributed by atoms with Crippen LogP contribution >= 0.6 is 46.8 Å². The molecule has 3 aromatic carbocycles. The van der Waals surface area contributed by atoms with Crippen molar-refractivity contribution in [1.29, 1.82) is 0 Å². The first kappa shape index (κ1) is 21.5. The lowest BCUT2D eigenvalue weighted by atomic mass is 10.1. The Kier molecular flexibility index (Phi) is 6.11. The molecule has 0 fully saturated rings. The number of aromatic nitrogens is 1. The summed E-state index contributed by atoms with van der Waals surface area (Å²) >= 11 is 18.7. The maximum absolute atomic E-state index is 12.5.